The van der Waals surface area contributed by atoms with Gasteiger partial charge in [0, 0.05) is 24.1 Å². The van der Waals surface area contributed by atoms with E-state index in [4.69, 9.17) is 14.2 Å². The summed E-state index contributed by atoms with van der Waals surface area (Å²) in [6, 6.07) is 10.8. The lowest BCUT2D eigenvalue weighted by Crippen LogP contribution is -2.36. The van der Waals surface area contributed by atoms with E-state index in [1.165, 1.54) is 19.1 Å². The van der Waals surface area contributed by atoms with Crippen LogP contribution in [0, 0.1) is 0 Å². The molecule has 1 amide bonds. The van der Waals surface area contributed by atoms with Gasteiger partial charge in [0.25, 0.3) is 5.91 Å². The number of carbonyl (C=O) groups excluding carboxylic acids is 2. The van der Waals surface area contributed by atoms with Gasteiger partial charge in [-0.05, 0) is 42.8 Å². The number of likely N-dealkylation sites (tertiary alicyclic amines) is 1. The van der Waals surface area contributed by atoms with Crippen molar-refractivity contribution in [1.82, 2.24) is 9.88 Å². The van der Waals surface area contributed by atoms with Crippen LogP contribution in [0.3, 0.4) is 0 Å². The minimum atomic E-state index is -0.912. The second-order valence-electron chi connectivity index (χ2n) is 8.24. The highest BCUT2D eigenvalue weighted by molar-refractivity contribution is 6.46. The molecule has 0 radical (unpaired) electrons. The Balaban J connectivity index is 1.79. The van der Waals surface area contributed by atoms with Crippen LogP contribution in [-0.2, 0) is 16.1 Å². The molecule has 1 aliphatic rings. The van der Waals surface area contributed by atoms with Gasteiger partial charge in [0.2, 0.25) is 12.1 Å². The molecule has 1 fully saturated rings. The average molecular weight is 492 g/mol. The third kappa shape index (κ3) is 4.91. The van der Waals surface area contributed by atoms with Crippen molar-refractivity contribution in [1.29, 1.82) is 0 Å². The zero-order chi connectivity index (χ0) is 25.7. The number of hydrogen-bond donors (Lipinski definition) is 1. The van der Waals surface area contributed by atoms with Gasteiger partial charge in [-0.2, -0.15) is 0 Å². The van der Waals surface area contributed by atoms with Gasteiger partial charge in [-0.3, -0.25) is 14.6 Å². The van der Waals surface area contributed by atoms with E-state index in [1.807, 2.05) is 24.0 Å². The normalized spacial score (nSPS) is 16.9. The summed E-state index contributed by atoms with van der Waals surface area (Å²) in [4.78, 5) is 30.9. The van der Waals surface area contributed by atoms with Crippen molar-refractivity contribution in [2.75, 3.05) is 27.4 Å². The molecule has 0 spiro atoms. The van der Waals surface area contributed by atoms with Gasteiger partial charge in [-0.1, -0.05) is 17.9 Å². The predicted molar refractivity (Wildman–Crippen MR) is 129 cm³/mol. The van der Waals surface area contributed by atoms with Crippen molar-refractivity contribution >= 4 is 17.4 Å². The van der Waals surface area contributed by atoms with Crippen molar-refractivity contribution in [3.05, 3.63) is 77.9 Å². The molecule has 4 rings (SSSR count). The number of nitrogens with zero attached hydrogens (tertiary/aromatic N) is 2. The standard InChI is InChI=1S/C27H29N3O6/c1-4-36-19-8-6-18(7-9-19)25(31)23-24(21-16-20(34-2)10-11-22(21)35-3)30(27(33)26(23)32)14-5-13-29-15-12-28-17-29/h6-12,15-17,24H,4-5,13-14H2,1-3H3,(H,31,32). The number of benzene rings is 2. The first-order chi connectivity index (χ1) is 17.5. The molecule has 1 unspecified atom stereocenters. The van der Waals surface area contributed by atoms with Crippen LogP contribution in [0.4, 0.5) is 0 Å². The Hall–Kier alpha value is -4.27. The first kappa shape index (κ1) is 24.8. The van der Waals surface area contributed by atoms with E-state index >= 15 is 0 Å². The van der Waals surface area contributed by atoms with Crippen LogP contribution in [0.15, 0.2) is 66.8 Å². The number of rotatable bonds is 10. The van der Waals surface area contributed by atoms with Gasteiger partial charge < -0.3 is 24.2 Å². The van der Waals surface area contributed by atoms with Crippen LogP contribution in [-0.4, -0.2) is 48.9 Å². The molecule has 9 nitrogen and oxygen atoms in total. The summed E-state index contributed by atoms with van der Waals surface area (Å²) in [5, 5.41) is 13.7. The van der Waals surface area contributed by atoms with Crippen molar-refractivity contribution in [2.45, 2.75) is 25.9 Å². The number of nitrogens with one attached hydrogen (secondary N) is 1. The Morgan fingerprint density at radius 2 is 1.83 bits per heavy atom. The number of ether oxygens (including phenoxy) is 3. The third-order valence-electron chi connectivity index (χ3n) is 6.11. The molecule has 3 aromatic rings. The zero-order valence-corrected chi connectivity index (χ0v) is 20.5. The van der Waals surface area contributed by atoms with Gasteiger partial charge in [0.15, 0.2) is 0 Å². The SMILES string of the molecule is CCOc1ccc(/C([O-])=C2\C(=O)C(=O)N(CCC[n+]3cc[nH]c3)C2c2cc(OC)ccc2OC)cc1. The smallest absolute Gasteiger partial charge is 0.295 e. The summed E-state index contributed by atoms with van der Waals surface area (Å²) >= 11 is 0. The number of ketones is 1. The number of aromatic nitrogens is 2. The Labute approximate surface area is 209 Å². The predicted octanol–water partition coefficient (Wildman–Crippen LogP) is 2.03. The van der Waals surface area contributed by atoms with Gasteiger partial charge in [-0.25, -0.2) is 4.57 Å². The average Bonchev–Trinajstić information content (AvgIpc) is 3.51. The van der Waals surface area contributed by atoms with Crippen molar-refractivity contribution in [3.8, 4) is 17.2 Å². The highest BCUT2D eigenvalue weighted by Gasteiger charge is 2.45. The first-order valence-corrected chi connectivity index (χ1v) is 11.7. The van der Waals surface area contributed by atoms with Gasteiger partial charge in [-0.15, -0.1) is 0 Å². The van der Waals surface area contributed by atoms with Crippen LogP contribution in [0.25, 0.3) is 5.76 Å². The summed E-state index contributed by atoms with van der Waals surface area (Å²) in [6.45, 7) is 3.26. The molecule has 1 aliphatic heterocycles. The van der Waals surface area contributed by atoms with Crippen molar-refractivity contribution in [3.63, 3.8) is 0 Å². The molecular weight excluding hydrogens is 462 g/mol. The molecular formula is C27H29N3O6. The fourth-order valence-electron chi connectivity index (χ4n) is 4.39. The van der Waals surface area contributed by atoms with E-state index in [9.17, 15) is 14.7 Å². The maximum Gasteiger partial charge on any atom is 0.295 e. The van der Waals surface area contributed by atoms with Gasteiger partial charge in [0.05, 0.1) is 33.4 Å². The number of aryl methyl sites for hydroxylation is 1. The van der Waals surface area contributed by atoms with Crippen LogP contribution in [0.2, 0.25) is 0 Å². The molecule has 188 valence electrons. The van der Waals surface area contributed by atoms with Gasteiger partial charge in [0.1, 0.15) is 29.6 Å². The second kappa shape index (κ2) is 11.0. The molecule has 0 saturated carbocycles. The molecule has 2 aromatic carbocycles. The summed E-state index contributed by atoms with van der Waals surface area (Å²) in [6.07, 6.45) is 6.07. The van der Waals surface area contributed by atoms with E-state index in [2.05, 4.69) is 4.98 Å². The number of Topliss-reactive ketones (excluding diaryl/α,β-unsaturated/α-hetero) is 1. The number of H-pyrrole nitrogens is 1. The lowest BCUT2D eigenvalue weighted by atomic mass is 9.94. The summed E-state index contributed by atoms with van der Waals surface area (Å²) in [5.74, 6) is -0.438. The largest absolute Gasteiger partial charge is 0.872 e. The zero-order valence-electron chi connectivity index (χ0n) is 20.5. The molecule has 9 heteroatoms. The van der Waals surface area contributed by atoms with Crippen molar-refractivity contribution < 1.29 is 33.5 Å². The summed E-state index contributed by atoms with van der Waals surface area (Å²) in [7, 11) is 3.03. The Bertz CT molecular complexity index is 1250. The van der Waals surface area contributed by atoms with Crippen LogP contribution < -0.4 is 23.9 Å². The quantitative estimate of drug-likeness (QED) is 0.201. The van der Waals surface area contributed by atoms with E-state index in [-0.39, 0.29) is 12.1 Å². The van der Waals surface area contributed by atoms with E-state index in [0.717, 1.165) is 0 Å². The maximum absolute atomic E-state index is 13.7. The first-order valence-electron chi connectivity index (χ1n) is 11.7. The number of hydrogen-bond acceptors (Lipinski definition) is 6. The Morgan fingerprint density at radius 1 is 1.08 bits per heavy atom. The molecule has 1 N–H and O–H groups in total. The molecule has 2 heterocycles. The van der Waals surface area contributed by atoms with E-state index in [0.29, 0.717) is 47.9 Å². The highest BCUT2D eigenvalue weighted by Crippen LogP contribution is 2.43. The summed E-state index contributed by atoms with van der Waals surface area (Å²) in [5.41, 5.74) is 0.704. The van der Waals surface area contributed by atoms with Crippen LogP contribution >= 0.6 is 0 Å². The topological polar surface area (TPSA) is 108 Å². The second-order valence-corrected chi connectivity index (χ2v) is 8.24. The highest BCUT2D eigenvalue weighted by atomic mass is 16.5. The molecule has 1 aromatic heterocycles. The number of aromatic amines is 1. The molecule has 1 atom stereocenters. The Morgan fingerprint density at radius 3 is 2.47 bits per heavy atom. The molecule has 0 bridgehead atoms. The minimum absolute atomic E-state index is 0.106. The fraction of sp³-hybridized carbons (Fsp3) is 0.296. The fourth-order valence-corrected chi connectivity index (χ4v) is 4.39. The van der Waals surface area contributed by atoms with Crippen LogP contribution in [0.5, 0.6) is 17.2 Å². The monoisotopic (exact) mass is 491 g/mol. The molecule has 1 saturated heterocycles. The van der Waals surface area contributed by atoms with E-state index in [1.54, 1.807) is 48.7 Å². The van der Waals surface area contributed by atoms with Crippen LogP contribution in [0.1, 0.15) is 30.5 Å². The number of carbonyl (C=O) groups is 2. The van der Waals surface area contributed by atoms with Crippen molar-refractivity contribution in [2.24, 2.45) is 0 Å². The lowest BCUT2D eigenvalue weighted by Gasteiger charge is -2.28. The minimum Gasteiger partial charge on any atom is -0.872 e. The lowest BCUT2D eigenvalue weighted by molar-refractivity contribution is -0.695. The van der Waals surface area contributed by atoms with Gasteiger partial charge >= 0.3 is 0 Å². The number of imidazole rings is 1. The number of amides is 1. The molecule has 36 heavy (non-hydrogen) atoms. The van der Waals surface area contributed by atoms with E-state index < -0.39 is 23.5 Å². The summed E-state index contributed by atoms with van der Waals surface area (Å²) < 4.78 is 18.4. The Kier molecular flexibility index (Phi) is 7.58. The third-order valence-corrected chi connectivity index (χ3v) is 6.11. The molecule has 0 aliphatic carbocycles. The maximum atomic E-state index is 13.7. The number of methoxy groups -OCH3 is 2.